The lowest BCUT2D eigenvalue weighted by Crippen LogP contribution is -2.41. The van der Waals surface area contributed by atoms with E-state index in [1.54, 1.807) is 10.9 Å². The third kappa shape index (κ3) is 5.84. The fraction of sp³-hybridized carbons (Fsp3) is 0.500. The first-order chi connectivity index (χ1) is 25.3. The molecule has 0 spiro atoms. The molecule has 5 aromatic rings. The van der Waals surface area contributed by atoms with E-state index in [0.29, 0.717) is 13.4 Å². The average molecular weight is 671 g/mol. The third-order valence-corrected chi connectivity index (χ3v) is 14.9. The number of hydrogen-bond donors (Lipinski definition) is 0. The Balaban J connectivity index is 1.13. The van der Waals surface area contributed by atoms with Crippen LogP contribution in [0.2, 0.25) is 23.3 Å². The summed E-state index contributed by atoms with van der Waals surface area (Å²) in [5, 5.41) is 8.49. The van der Waals surface area contributed by atoms with Gasteiger partial charge in [-0.3, -0.25) is 0 Å². The topological polar surface area (TPSA) is 9.23 Å². The minimum atomic E-state index is 0.669. The Hall–Kier alpha value is -3.19. The van der Waals surface area contributed by atoms with Crippen LogP contribution in [-0.4, -0.2) is 13.4 Å². The van der Waals surface area contributed by atoms with E-state index in [9.17, 15) is 0 Å². The van der Waals surface area contributed by atoms with Gasteiger partial charge in [0.15, 0.2) is 13.4 Å². The second-order valence-corrected chi connectivity index (χ2v) is 17.7. The molecule has 5 aromatic carbocycles. The maximum Gasteiger partial charge on any atom is 0.183 e. The van der Waals surface area contributed by atoms with Gasteiger partial charge in [0.05, 0.1) is 0 Å². The minimum Gasteiger partial charge on any atom is -0.456 e. The lowest BCUT2D eigenvalue weighted by molar-refractivity contribution is 0.464. The highest BCUT2D eigenvalue weighted by atomic mass is 16.5. The molecule has 4 saturated carbocycles. The Morgan fingerprint density at radius 2 is 0.922 bits per heavy atom. The first kappa shape index (κ1) is 32.5. The van der Waals surface area contributed by atoms with E-state index in [-0.39, 0.29) is 0 Å². The van der Waals surface area contributed by atoms with Gasteiger partial charge in [-0.1, -0.05) is 217 Å². The van der Waals surface area contributed by atoms with Crippen LogP contribution in [0.15, 0.2) is 72.8 Å². The molecule has 4 aliphatic carbocycles. The van der Waals surface area contributed by atoms with E-state index < -0.39 is 0 Å². The van der Waals surface area contributed by atoms with Crippen LogP contribution < -0.4 is 15.7 Å². The van der Waals surface area contributed by atoms with Crippen LogP contribution in [0.3, 0.4) is 0 Å². The summed E-state index contributed by atoms with van der Waals surface area (Å²) in [7, 11) is 0. The van der Waals surface area contributed by atoms with Crippen molar-refractivity contribution in [3.63, 3.8) is 0 Å². The van der Waals surface area contributed by atoms with Crippen LogP contribution >= 0.6 is 0 Å². The van der Waals surface area contributed by atoms with Gasteiger partial charge in [-0.25, -0.2) is 0 Å². The van der Waals surface area contributed by atoms with Crippen LogP contribution in [0.4, 0.5) is 0 Å². The van der Waals surface area contributed by atoms with Gasteiger partial charge in [0.2, 0.25) is 0 Å². The zero-order chi connectivity index (χ0) is 33.7. The lowest BCUT2D eigenvalue weighted by Gasteiger charge is -2.37. The average Bonchev–Trinajstić information content (AvgIpc) is 3.20. The maximum absolute atomic E-state index is 7.02. The van der Waals surface area contributed by atoms with Gasteiger partial charge in [0, 0.05) is 10.9 Å². The van der Waals surface area contributed by atoms with Crippen molar-refractivity contribution in [1.29, 1.82) is 0 Å². The molecule has 0 saturated heterocycles. The van der Waals surface area contributed by atoms with Crippen LogP contribution in [0.5, 0.6) is 11.5 Å². The molecule has 3 heteroatoms. The summed E-state index contributed by atoms with van der Waals surface area (Å²) in [5.74, 6) is 5.42. The molecule has 1 aliphatic heterocycles. The molecule has 5 aliphatic rings. The molecular weight excluding hydrogens is 614 g/mol. The normalized spacial score (nSPS) is 20.8. The summed E-state index contributed by atoms with van der Waals surface area (Å²) in [6.45, 7) is 1.35. The predicted octanol–water partition coefficient (Wildman–Crippen LogP) is 13.7. The lowest BCUT2D eigenvalue weighted by atomic mass is 9.27. The van der Waals surface area contributed by atoms with Gasteiger partial charge in [-0.15, -0.1) is 0 Å². The second-order valence-electron chi connectivity index (χ2n) is 17.7. The first-order valence-corrected chi connectivity index (χ1v) is 21.5. The van der Waals surface area contributed by atoms with Gasteiger partial charge in [0.1, 0.15) is 11.5 Å². The molecule has 0 atom stereocenters. The van der Waals surface area contributed by atoms with Crippen molar-refractivity contribution in [2.45, 2.75) is 152 Å². The van der Waals surface area contributed by atoms with Crippen LogP contribution in [0, 0.1) is 0 Å². The van der Waals surface area contributed by atoms with E-state index in [2.05, 4.69) is 72.8 Å². The molecule has 51 heavy (non-hydrogen) atoms. The molecule has 0 amide bonds. The van der Waals surface area contributed by atoms with Crippen molar-refractivity contribution in [1.82, 2.24) is 0 Å². The Kier molecular flexibility index (Phi) is 8.90. The summed E-state index contributed by atoms with van der Waals surface area (Å²) in [6.07, 6.45) is 28.3. The molecule has 260 valence electrons. The minimum absolute atomic E-state index is 0.669. The Labute approximate surface area is 307 Å². The molecule has 10 rings (SSSR count). The first-order valence-electron chi connectivity index (χ1n) is 21.5. The van der Waals surface area contributed by atoms with E-state index in [0.717, 1.165) is 34.8 Å². The van der Waals surface area contributed by atoms with Crippen LogP contribution in [0.25, 0.3) is 43.4 Å². The quantitative estimate of drug-likeness (QED) is 0.127. The number of fused-ring (bicyclic) bond motifs is 6. The zero-order valence-electron chi connectivity index (χ0n) is 30.9. The predicted molar refractivity (Wildman–Crippen MR) is 223 cm³/mol. The third-order valence-electron chi connectivity index (χ3n) is 14.9. The van der Waals surface area contributed by atoms with Crippen molar-refractivity contribution in [2.24, 2.45) is 0 Å². The fourth-order valence-corrected chi connectivity index (χ4v) is 12.6. The largest absolute Gasteiger partial charge is 0.456 e. The molecule has 0 bridgehead atoms. The summed E-state index contributed by atoms with van der Waals surface area (Å²) in [5.41, 5.74) is 5.85. The van der Waals surface area contributed by atoms with Crippen molar-refractivity contribution < 1.29 is 4.74 Å². The van der Waals surface area contributed by atoms with E-state index in [1.807, 2.05) is 0 Å². The summed E-state index contributed by atoms with van der Waals surface area (Å²) >= 11 is 0. The standard InChI is InChI=1S/C48H56B2O/c1-5-16-33(17-6-1)49(34-18-7-2-8-19-34)37-28-29-40-44-31-42-38-24-13-14-25-39(38)45(50(35-20-9-3-10-21-35)36-22-11-4-12-23-36)32-43(42)41-26-15-27-46(48(41)44)51-47(40)30-37/h13-15,24-36H,1-12,16-23H2. The second kappa shape index (κ2) is 14.0. The van der Waals surface area contributed by atoms with E-state index in [1.165, 1.54) is 172 Å². The highest BCUT2D eigenvalue weighted by Crippen LogP contribution is 2.51. The van der Waals surface area contributed by atoms with Crippen LogP contribution in [0.1, 0.15) is 128 Å². The molecule has 4 fully saturated rings. The van der Waals surface area contributed by atoms with Crippen molar-refractivity contribution in [3.8, 4) is 22.6 Å². The van der Waals surface area contributed by atoms with E-state index >= 15 is 0 Å². The van der Waals surface area contributed by atoms with Crippen LogP contribution in [-0.2, 0) is 0 Å². The highest BCUT2D eigenvalue weighted by Gasteiger charge is 2.39. The number of hydrogen-bond acceptors (Lipinski definition) is 1. The van der Waals surface area contributed by atoms with E-state index in [4.69, 9.17) is 4.74 Å². The molecule has 1 heterocycles. The fourth-order valence-electron chi connectivity index (χ4n) is 12.6. The smallest absolute Gasteiger partial charge is 0.183 e. The molecule has 0 unspecified atom stereocenters. The zero-order valence-corrected chi connectivity index (χ0v) is 30.9. The van der Waals surface area contributed by atoms with Gasteiger partial charge >= 0.3 is 0 Å². The van der Waals surface area contributed by atoms with Gasteiger partial charge < -0.3 is 4.74 Å². The number of ether oxygens (including phenoxy) is 1. The van der Waals surface area contributed by atoms with Crippen molar-refractivity contribution in [2.75, 3.05) is 0 Å². The number of rotatable bonds is 6. The van der Waals surface area contributed by atoms with Gasteiger partial charge in [-0.05, 0) is 50.7 Å². The molecule has 0 N–H and O–H groups in total. The van der Waals surface area contributed by atoms with Gasteiger partial charge in [-0.2, -0.15) is 0 Å². The highest BCUT2D eigenvalue weighted by molar-refractivity contribution is 6.78. The van der Waals surface area contributed by atoms with Gasteiger partial charge in [0.25, 0.3) is 0 Å². The summed E-state index contributed by atoms with van der Waals surface area (Å²) in [4.78, 5) is 0. The Morgan fingerprint density at radius 3 is 1.53 bits per heavy atom. The maximum atomic E-state index is 7.02. The SMILES string of the molecule is c1ccc2c(c1)c(B(C1CCCCC1)C1CCCCC1)cc1c3cccc4c3c(cc21)-c1ccc(B(C2CCCCC2)C2CCCCC2)cc1O4. The Morgan fingerprint density at radius 1 is 0.392 bits per heavy atom. The Bertz CT molecular complexity index is 2000. The van der Waals surface area contributed by atoms with Crippen molar-refractivity contribution >= 4 is 56.7 Å². The summed E-state index contributed by atoms with van der Waals surface area (Å²) < 4.78 is 7.02. The van der Waals surface area contributed by atoms with Crippen molar-refractivity contribution in [3.05, 3.63) is 72.8 Å². The molecular formula is C48H56B2O. The molecule has 0 aromatic heterocycles. The molecule has 1 nitrogen and oxygen atoms in total. The summed E-state index contributed by atoms with van der Waals surface area (Å²) in [6, 6.07) is 29.1. The number of benzene rings is 5. The molecule has 0 radical (unpaired) electrons. The monoisotopic (exact) mass is 670 g/mol.